The average molecular weight is 146 g/mol. The van der Waals surface area contributed by atoms with Crippen LogP contribution < -0.4 is 5.43 Å². The third kappa shape index (κ3) is 1.85. The molecule has 0 unspecified atom stereocenters. The van der Waals surface area contributed by atoms with Gasteiger partial charge in [0.25, 0.3) is 0 Å². The van der Waals surface area contributed by atoms with Crippen LogP contribution in [0.15, 0.2) is 0 Å². The SMILES string of the molecule is CC(C)[C@H]1NN(C)CS1. The molecule has 3 heteroatoms. The zero-order valence-electron chi connectivity index (χ0n) is 6.22. The molecule has 0 radical (unpaired) electrons. The Kier molecular flexibility index (Phi) is 2.38. The summed E-state index contributed by atoms with van der Waals surface area (Å²) < 4.78 is 0. The summed E-state index contributed by atoms with van der Waals surface area (Å²) in [5, 5.41) is 2.77. The van der Waals surface area contributed by atoms with Crippen LogP contribution >= 0.6 is 11.8 Å². The highest BCUT2D eigenvalue weighted by molar-refractivity contribution is 8.00. The van der Waals surface area contributed by atoms with E-state index in [9.17, 15) is 0 Å². The smallest absolute Gasteiger partial charge is 0.0704 e. The Morgan fingerprint density at radius 1 is 1.67 bits per heavy atom. The molecule has 1 N–H and O–H groups in total. The van der Waals surface area contributed by atoms with Gasteiger partial charge in [-0.15, -0.1) is 11.8 Å². The van der Waals surface area contributed by atoms with Crippen LogP contribution in [-0.4, -0.2) is 23.3 Å². The molecule has 0 aliphatic carbocycles. The molecule has 1 heterocycles. The first kappa shape index (κ1) is 7.38. The topological polar surface area (TPSA) is 15.3 Å². The molecule has 2 nitrogen and oxygen atoms in total. The summed E-state index contributed by atoms with van der Waals surface area (Å²) in [6, 6.07) is 0. The number of thioether (sulfide) groups is 1. The Morgan fingerprint density at radius 3 is 2.56 bits per heavy atom. The molecule has 1 aliphatic rings. The molecule has 0 aromatic carbocycles. The molecule has 1 rings (SSSR count). The Labute approximate surface area is 61.0 Å². The number of hydrogen-bond acceptors (Lipinski definition) is 3. The molecule has 0 aromatic rings. The summed E-state index contributed by atoms with van der Waals surface area (Å²) in [6.45, 7) is 4.48. The fourth-order valence-electron chi connectivity index (χ4n) is 0.825. The normalized spacial score (nSPS) is 30.0. The van der Waals surface area contributed by atoms with Gasteiger partial charge in [0.2, 0.25) is 0 Å². The standard InChI is InChI=1S/C6H14N2S/c1-5(2)6-7-8(3)4-9-6/h5-7H,4H2,1-3H3/t6-/m0/s1. The molecular weight excluding hydrogens is 132 g/mol. The van der Waals surface area contributed by atoms with Crippen molar-refractivity contribution >= 4 is 11.8 Å². The monoisotopic (exact) mass is 146 g/mol. The fraction of sp³-hybridized carbons (Fsp3) is 1.00. The van der Waals surface area contributed by atoms with Gasteiger partial charge in [-0.1, -0.05) is 13.8 Å². The first-order valence-corrected chi connectivity index (χ1v) is 4.34. The van der Waals surface area contributed by atoms with E-state index in [1.807, 2.05) is 11.8 Å². The maximum absolute atomic E-state index is 3.35. The molecule has 1 aliphatic heterocycles. The largest absolute Gasteiger partial charge is 0.241 e. The second kappa shape index (κ2) is 2.90. The Morgan fingerprint density at radius 2 is 2.33 bits per heavy atom. The zero-order chi connectivity index (χ0) is 6.85. The number of nitrogens with zero attached hydrogens (tertiary/aromatic N) is 1. The van der Waals surface area contributed by atoms with Crippen LogP contribution in [0.1, 0.15) is 13.8 Å². The zero-order valence-corrected chi connectivity index (χ0v) is 7.03. The highest BCUT2D eigenvalue weighted by Crippen LogP contribution is 2.22. The van der Waals surface area contributed by atoms with Crippen LogP contribution in [0.2, 0.25) is 0 Å². The van der Waals surface area contributed by atoms with Crippen molar-refractivity contribution in [2.75, 3.05) is 12.9 Å². The molecule has 1 saturated heterocycles. The van der Waals surface area contributed by atoms with Gasteiger partial charge in [0.05, 0.1) is 11.3 Å². The highest BCUT2D eigenvalue weighted by Gasteiger charge is 2.21. The molecule has 54 valence electrons. The molecule has 0 amide bonds. The van der Waals surface area contributed by atoms with Gasteiger partial charge < -0.3 is 0 Å². The van der Waals surface area contributed by atoms with E-state index in [-0.39, 0.29) is 0 Å². The quantitative estimate of drug-likeness (QED) is 0.596. The lowest BCUT2D eigenvalue weighted by Gasteiger charge is -2.14. The minimum atomic E-state index is 0.634. The first-order valence-electron chi connectivity index (χ1n) is 3.29. The van der Waals surface area contributed by atoms with E-state index in [0.717, 1.165) is 11.8 Å². The van der Waals surface area contributed by atoms with Gasteiger partial charge >= 0.3 is 0 Å². The second-order valence-corrected chi connectivity index (χ2v) is 3.89. The van der Waals surface area contributed by atoms with Crippen molar-refractivity contribution in [1.29, 1.82) is 0 Å². The molecule has 1 fully saturated rings. The van der Waals surface area contributed by atoms with E-state index in [1.54, 1.807) is 0 Å². The van der Waals surface area contributed by atoms with Gasteiger partial charge in [-0.3, -0.25) is 0 Å². The first-order chi connectivity index (χ1) is 4.20. The van der Waals surface area contributed by atoms with Crippen molar-refractivity contribution in [2.45, 2.75) is 19.2 Å². The summed E-state index contributed by atoms with van der Waals surface area (Å²) in [5.74, 6) is 1.85. The lowest BCUT2D eigenvalue weighted by Crippen LogP contribution is -2.34. The van der Waals surface area contributed by atoms with Gasteiger partial charge in [0.1, 0.15) is 0 Å². The van der Waals surface area contributed by atoms with Gasteiger partial charge in [0.15, 0.2) is 0 Å². The number of rotatable bonds is 1. The summed E-state index contributed by atoms with van der Waals surface area (Å²) in [6.07, 6.45) is 0. The Bertz CT molecular complexity index is 95.1. The maximum Gasteiger partial charge on any atom is 0.0704 e. The molecule has 0 spiro atoms. The highest BCUT2D eigenvalue weighted by atomic mass is 32.2. The maximum atomic E-state index is 3.35. The summed E-state index contributed by atoms with van der Waals surface area (Å²) in [4.78, 5) is 0. The molecular formula is C6H14N2S. The average Bonchev–Trinajstić information content (AvgIpc) is 2.14. The molecule has 0 saturated carbocycles. The van der Waals surface area contributed by atoms with Crippen molar-refractivity contribution in [1.82, 2.24) is 10.4 Å². The third-order valence-corrected chi connectivity index (χ3v) is 2.95. The summed E-state index contributed by atoms with van der Waals surface area (Å²) in [7, 11) is 2.08. The van der Waals surface area contributed by atoms with Crippen LogP contribution in [0, 0.1) is 5.92 Å². The lowest BCUT2D eigenvalue weighted by atomic mass is 10.2. The van der Waals surface area contributed by atoms with Gasteiger partial charge in [0, 0.05) is 7.05 Å². The number of nitrogens with one attached hydrogen (secondary N) is 1. The number of hydrazine groups is 1. The third-order valence-electron chi connectivity index (χ3n) is 1.40. The second-order valence-electron chi connectivity index (χ2n) is 2.79. The predicted molar refractivity (Wildman–Crippen MR) is 42.0 cm³/mol. The van der Waals surface area contributed by atoms with Gasteiger partial charge in [-0.05, 0) is 5.92 Å². The lowest BCUT2D eigenvalue weighted by molar-refractivity contribution is 0.269. The van der Waals surface area contributed by atoms with E-state index >= 15 is 0 Å². The van der Waals surface area contributed by atoms with E-state index in [0.29, 0.717) is 5.37 Å². The van der Waals surface area contributed by atoms with Crippen molar-refractivity contribution in [3.63, 3.8) is 0 Å². The minimum Gasteiger partial charge on any atom is -0.241 e. The predicted octanol–water partition coefficient (Wildman–Crippen LogP) is 1.11. The van der Waals surface area contributed by atoms with Crippen LogP contribution in [0.4, 0.5) is 0 Å². The fourth-order valence-corrected chi connectivity index (χ4v) is 1.92. The summed E-state index contributed by atoms with van der Waals surface area (Å²) in [5.41, 5.74) is 3.35. The van der Waals surface area contributed by atoms with Gasteiger partial charge in [-0.2, -0.15) is 0 Å². The molecule has 9 heavy (non-hydrogen) atoms. The molecule has 0 bridgehead atoms. The summed E-state index contributed by atoms with van der Waals surface area (Å²) >= 11 is 1.97. The Hall–Kier alpha value is 0.270. The van der Waals surface area contributed by atoms with Crippen molar-refractivity contribution in [3.05, 3.63) is 0 Å². The van der Waals surface area contributed by atoms with E-state index < -0.39 is 0 Å². The van der Waals surface area contributed by atoms with Gasteiger partial charge in [-0.25, -0.2) is 10.4 Å². The van der Waals surface area contributed by atoms with E-state index in [1.165, 1.54) is 0 Å². The van der Waals surface area contributed by atoms with Crippen molar-refractivity contribution in [3.8, 4) is 0 Å². The minimum absolute atomic E-state index is 0.634. The molecule has 0 aromatic heterocycles. The van der Waals surface area contributed by atoms with Crippen molar-refractivity contribution < 1.29 is 0 Å². The number of hydrogen-bond donors (Lipinski definition) is 1. The van der Waals surface area contributed by atoms with E-state index in [2.05, 4.69) is 31.3 Å². The van der Waals surface area contributed by atoms with Crippen LogP contribution in [0.25, 0.3) is 0 Å². The van der Waals surface area contributed by atoms with Crippen LogP contribution in [0.3, 0.4) is 0 Å². The van der Waals surface area contributed by atoms with Crippen LogP contribution in [0.5, 0.6) is 0 Å². The van der Waals surface area contributed by atoms with Crippen LogP contribution in [-0.2, 0) is 0 Å². The Balaban J connectivity index is 2.30. The van der Waals surface area contributed by atoms with E-state index in [4.69, 9.17) is 0 Å². The molecule has 1 atom stereocenters. The van der Waals surface area contributed by atoms with Crippen molar-refractivity contribution in [2.24, 2.45) is 5.92 Å².